The highest BCUT2D eigenvalue weighted by Gasteiger charge is 2.22. The lowest BCUT2D eigenvalue weighted by Gasteiger charge is -2.20. The van der Waals surface area contributed by atoms with Crippen LogP contribution in [0.4, 0.5) is 0 Å². The Morgan fingerprint density at radius 3 is 1.50 bits per heavy atom. The molecule has 0 saturated heterocycles. The van der Waals surface area contributed by atoms with Crippen molar-refractivity contribution in [1.29, 1.82) is 0 Å². The fourth-order valence-electron chi connectivity index (χ4n) is 9.90. The first kappa shape index (κ1) is 37.3. The van der Waals surface area contributed by atoms with Crippen LogP contribution in [0.25, 0.3) is 121 Å². The summed E-state index contributed by atoms with van der Waals surface area (Å²) in [6.45, 7) is 0. The molecule has 0 aliphatic rings. The molecular weight excluding hydrogens is 781 g/mol. The monoisotopic (exact) mass is 818 g/mol. The first-order valence-corrected chi connectivity index (χ1v) is 21.5. The number of benzene rings is 10. The van der Waals surface area contributed by atoms with Gasteiger partial charge in [-0.15, -0.1) is 0 Å². The third-order valence-corrected chi connectivity index (χ3v) is 12.8. The summed E-state index contributed by atoms with van der Waals surface area (Å²) in [6.07, 6.45) is 0.852. The van der Waals surface area contributed by atoms with E-state index in [1.54, 1.807) is 7.11 Å². The van der Waals surface area contributed by atoms with E-state index in [0.29, 0.717) is 27.7 Å². The lowest BCUT2D eigenvalue weighted by molar-refractivity contribution is 0.112. The maximum absolute atomic E-state index is 12.6. The molecule has 0 amide bonds. The van der Waals surface area contributed by atoms with Gasteiger partial charge in [0, 0.05) is 21.9 Å². The molecule has 0 aliphatic carbocycles. The summed E-state index contributed by atoms with van der Waals surface area (Å²) in [6, 6.07) is 73.1. The zero-order valence-corrected chi connectivity index (χ0v) is 34.9. The molecule has 0 aliphatic heterocycles. The first-order valence-electron chi connectivity index (χ1n) is 21.5. The Bertz CT molecular complexity index is 3850. The number of hydrogen-bond donors (Lipinski definition) is 0. The van der Waals surface area contributed by atoms with Crippen LogP contribution in [0.15, 0.2) is 206 Å². The van der Waals surface area contributed by atoms with Crippen molar-refractivity contribution in [3.05, 3.63) is 212 Å². The lowest BCUT2D eigenvalue weighted by atomic mass is 9.83. The minimum absolute atomic E-state index is 0.462. The summed E-state index contributed by atoms with van der Waals surface area (Å²) in [7, 11) is 1.60. The van der Waals surface area contributed by atoms with E-state index in [1.807, 2.05) is 54.6 Å². The van der Waals surface area contributed by atoms with E-state index < -0.39 is 0 Å². The van der Waals surface area contributed by atoms with E-state index in [1.165, 1.54) is 65.3 Å². The number of methoxy groups -OCH3 is 1. The molecule has 0 atom stereocenters. The van der Waals surface area contributed by atoms with Gasteiger partial charge in [-0.3, -0.25) is 4.79 Å². The van der Waals surface area contributed by atoms with Gasteiger partial charge >= 0.3 is 0 Å². The van der Waals surface area contributed by atoms with Crippen molar-refractivity contribution in [1.82, 2.24) is 9.97 Å². The second-order valence-corrected chi connectivity index (χ2v) is 16.3. The molecule has 64 heavy (non-hydrogen) atoms. The van der Waals surface area contributed by atoms with Gasteiger partial charge in [-0.05, 0) is 113 Å². The molecule has 4 nitrogen and oxygen atoms in total. The highest BCUT2D eigenvalue weighted by Crippen LogP contribution is 2.48. The summed E-state index contributed by atoms with van der Waals surface area (Å²) in [5.41, 5.74) is 12.4. The normalized spacial score (nSPS) is 11.6. The topological polar surface area (TPSA) is 52.1 Å². The SMILES string of the molecule is COc1c(C=O)c2ccc(-c3ccccc3)nc2c2nc(-c3cccc(-c4ccc5c(-c6cccc7ccccc67)c6ccccc6c(-c6cccc7ccccc67)c5c4)c3)ccc12. The lowest BCUT2D eigenvalue weighted by Crippen LogP contribution is -1.99. The van der Waals surface area contributed by atoms with Crippen molar-refractivity contribution in [3.63, 3.8) is 0 Å². The number of aldehydes is 1. The molecule has 2 heterocycles. The zero-order chi connectivity index (χ0) is 42.7. The zero-order valence-electron chi connectivity index (χ0n) is 34.9. The molecule has 0 unspecified atom stereocenters. The standard InChI is InChI=1S/C60H38N2O2/c1-64-60-51-31-33-55(62-59(51)58-50(53(60)36-63)30-32-54(61-58)39-16-3-2-4-17-39)42-21-11-20-40(34-42)41-28-29-49-52(35-41)57(46-27-13-19-38-15-6-8-23-44(38)46)48-25-10-9-24-47(48)56(49)45-26-12-18-37-14-5-7-22-43(37)45/h2-36H,1H3. The van der Waals surface area contributed by atoms with E-state index >= 15 is 0 Å². The Kier molecular flexibility index (Phi) is 8.84. The number of nitrogens with zero attached hydrogens (tertiary/aromatic N) is 2. The summed E-state index contributed by atoms with van der Waals surface area (Å²) in [5, 5.41) is 11.1. The second kappa shape index (κ2) is 15.2. The summed E-state index contributed by atoms with van der Waals surface area (Å²) in [4.78, 5) is 23.0. The van der Waals surface area contributed by atoms with Crippen molar-refractivity contribution in [2.45, 2.75) is 0 Å². The van der Waals surface area contributed by atoms with Gasteiger partial charge in [0.05, 0.1) is 29.6 Å². The number of rotatable bonds is 7. The number of ether oxygens (including phenoxy) is 1. The van der Waals surface area contributed by atoms with E-state index in [4.69, 9.17) is 14.7 Å². The van der Waals surface area contributed by atoms with Gasteiger partial charge in [-0.2, -0.15) is 0 Å². The number of pyridine rings is 2. The molecule has 12 rings (SSSR count). The molecular formula is C60H38N2O2. The summed E-state index contributed by atoms with van der Waals surface area (Å²) in [5.74, 6) is 0.494. The number of aromatic nitrogens is 2. The fraction of sp³-hybridized carbons (Fsp3) is 0.0167. The number of fused-ring (bicyclic) bond motifs is 7. The van der Waals surface area contributed by atoms with Crippen LogP contribution in [0.2, 0.25) is 0 Å². The largest absolute Gasteiger partial charge is 0.495 e. The maximum atomic E-state index is 12.6. The van der Waals surface area contributed by atoms with Crippen LogP contribution in [0, 0.1) is 0 Å². The number of hydrogen-bond acceptors (Lipinski definition) is 4. The van der Waals surface area contributed by atoms with Gasteiger partial charge in [0.1, 0.15) is 11.3 Å². The van der Waals surface area contributed by atoms with Crippen molar-refractivity contribution in [2.24, 2.45) is 0 Å². The predicted molar refractivity (Wildman–Crippen MR) is 266 cm³/mol. The molecule has 10 aromatic carbocycles. The quantitative estimate of drug-likeness (QED) is 0.0913. The van der Waals surface area contributed by atoms with Gasteiger partial charge < -0.3 is 4.74 Å². The van der Waals surface area contributed by atoms with Crippen LogP contribution in [0.1, 0.15) is 10.4 Å². The fourth-order valence-corrected chi connectivity index (χ4v) is 9.90. The van der Waals surface area contributed by atoms with Gasteiger partial charge in [-0.1, -0.05) is 170 Å². The summed E-state index contributed by atoms with van der Waals surface area (Å²) < 4.78 is 5.88. The number of carbonyl (C=O) groups is 1. The third-order valence-electron chi connectivity index (χ3n) is 12.8. The average molecular weight is 819 g/mol. The van der Waals surface area contributed by atoms with Crippen molar-refractivity contribution < 1.29 is 9.53 Å². The van der Waals surface area contributed by atoms with Crippen molar-refractivity contribution >= 4 is 71.2 Å². The molecule has 4 heteroatoms. The molecule has 12 aromatic rings. The highest BCUT2D eigenvalue weighted by atomic mass is 16.5. The predicted octanol–water partition coefficient (Wildman–Crippen LogP) is 15.6. The third kappa shape index (κ3) is 5.95. The minimum Gasteiger partial charge on any atom is -0.495 e. The first-order chi connectivity index (χ1) is 31.7. The molecule has 2 aromatic heterocycles. The second-order valence-electron chi connectivity index (χ2n) is 16.3. The van der Waals surface area contributed by atoms with E-state index in [0.717, 1.165) is 45.3 Å². The average Bonchev–Trinajstić information content (AvgIpc) is 3.37. The Balaban J connectivity index is 1.09. The van der Waals surface area contributed by atoms with Crippen LogP contribution in [0.3, 0.4) is 0 Å². The molecule has 0 N–H and O–H groups in total. The van der Waals surface area contributed by atoms with E-state index in [2.05, 4.69) is 152 Å². The van der Waals surface area contributed by atoms with Gasteiger partial charge in [-0.25, -0.2) is 9.97 Å². The van der Waals surface area contributed by atoms with E-state index in [-0.39, 0.29) is 0 Å². The molecule has 0 bridgehead atoms. The van der Waals surface area contributed by atoms with Crippen molar-refractivity contribution in [3.8, 4) is 61.6 Å². The number of carbonyl (C=O) groups excluding carboxylic acids is 1. The Morgan fingerprint density at radius 2 is 0.844 bits per heavy atom. The van der Waals surface area contributed by atoms with Crippen LogP contribution in [-0.4, -0.2) is 23.4 Å². The molecule has 0 fully saturated rings. The van der Waals surface area contributed by atoms with E-state index in [9.17, 15) is 4.79 Å². The molecule has 0 spiro atoms. The Labute approximate surface area is 369 Å². The molecule has 300 valence electrons. The Hall–Kier alpha value is -8.47. The van der Waals surface area contributed by atoms with Crippen LogP contribution in [-0.2, 0) is 0 Å². The molecule has 0 radical (unpaired) electrons. The van der Waals surface area contributed by atoms with Gasteiger partial charge in [0.15, 0.2) is 6.29 Å². The summed E-state index contributed by atoms with van der Waals surface area (Å²) >= 11 is 0. The molecule has 0 saturated carbocycles. The van der Waals surface area contributed by atoms with Crippen LogP contribution < -0.4 is 4.74 Å². The Morgan fingerprint density at radius 1 is 0.375 bits per heavy atom. The maximum Gasteiger partial charge on any atom is 0.154 e. The highest BCUT2D eigenvalue weighted by molar-refractivity contribution is 6.26. The van der Waals surface area contributed by atoms with Crippen LogP contribution >= 0.6 is 0 Å². The van der Waals surface area contributed by atoms with Gasteiger partial charge in [0.2, 0.25) is 0 Å². The smallest absolute Gasteiger partial charge is 0.154 e. The van der Waals surface area contributed by atoms with Crippen LogP contribution in [0.5, 0.6) is 5.75 Å². The van der Waals surface area contributed by atoms with Crippen molar-refractivity contribution in [2.75, 3.05) is 7.11 Å². The minimum atomic E-state index is 0.462. The van der Waals surface area contributed by atoms with Gasteiger partial charge in [0.25, 0.3) is 0 Å².